The number of ether oxygens (including phenoxy) is 1. The highest BCUT2D eigenvalue weighted by molar-refractivity contribution is 5.92. The number of non-ortho nitro benzene ring substituents is 1. The first-order valence-electron chi connectivity index (χ1n) is 7.12. The summed E-state index contributed by atoms with van der Waals surface area (Å²) >= 11 is 0. The molecule has 0 aromatic heterocycles. The summed E-state index contributed by atoms with van der Waals surface area (Å²) in [5, 5.41) is 13.3. The molecule has 0 aliphatic carbocycles. The number of rotatable bonds is 5. The molecule has 0 aliphatic heterocycles. The van der Waals surface area contributed by atoms with E-state index in [0.29, 0.717) is 11.4 Å². The Kier molecular flexibility index (Phi) is 4.95. The van der Waals surface area contributed by atoms with Crippen molar-refractivity contribution < 1.29 is 14.5 Å². The number of carbonyl (C=O) groups is 1. The van der Waals surface area contributed by atoms with E-state index < -0.39 is 4.92 Å². The van der Waals surface area contributed by atoms with Gasteiger partial charge >= 0.3 is 0 Å². The normalized spacial score (nSPS) is 10.2. The minimum Gasteiger partial charge on any atom is -0.483 e. The average Bonchev–Trinajstić information content (AvgIpc) is 2.46. The number of benzene rings is 2. The lowest BCUT2D eigenvalue weighted by molar-refractivity contribution is -0.384. The fraction of sp³-hybridized carbons (Fsp3) is 0.235. The van der Waals surface area contributed by atoms with Gasteiger partial charge in [0.2, 0.25) is 0 Å². The van der Waals surface area contributed by atoms with E-state index in [4.69, 9.17) is 4.74 Å². The molecule has 0 saturated heterocycles. The number of carbonyl (C=O) groups excluding carboxylic acids is 1. The number of anilines is 1. The zero-order valence-electron chi connectivity index (χ0n) is 13.3. The summed E-state index contributed by atoms with van der Waals surface area (Å²) in [7, 11) is 0. The molecule has 0 aliphatic rings. The molecule has 6 heteroatoms. The molecule has 2 aromatic rings. The van der Waals surface area contributed by atoms with Crippen molar-refractivity contribution >= 4 is 17.3 Å². The van der Waals surface area contributed by atoms with Crippen LogP contribution in [0.25, 0.3) is 0 Å². The van der Waals surface area contributed by atoms with Gasteiger partial charge in [-0.25, -0.2) is 0 Å². The Balaban J connectivity index is 2.01. The molecule has 6 nitrogen and oxygen atoms in total. The zero-order valence-corrected chi connectivity index (χ0v) is 13.3. The fourth-order valence-corrected chi connectivity index (χ4v) is 2.43. The Bertz CT molecular complexity index is 733. The highest BCUT2D eigenvalue weighted by Gasteiger charge is 2.10. The summed E-state index contributed by atoms with van der Waals surface area (Å²) in [5.74, 6) is 0.315. The number of nitrogens with one attached hydrogen (secondary N) is 1. The summed E-state index contributed by atoms with van der Waals surface area (Å²) < 4.78 is 5.59. The zero-order chi connectivity index (χ0) is 17.0. The van der Waals surface area contributed by atoms with Gasteiger partial charge in [0.1, 0.15) is 5.75 Å². The third-order valence-electron chi connectivity index (χ3n) is 3.29. The van der Waals surface area contributed by atoms with Gasteiger partial charge in [-0.3, -0.25) is 14.9 Å². The predicted octanol–water partition coefficient (Wildman–Crippen LogP) is 3.54. The SMILES string of the molecule is Cc1cc(C)c(OCC(=O)Nc2cccc([N+](=O)[O-])c2)c(C)c1. The van der Waals surface area contributed by atoms with Crippen molar-refractivity contribution in [2.45, 2.75) is 20.8 Å². The van der Waals surface area contributed by atoms with E-state index in [1.54, 1.807) is 6.07 Å². The van der Waals surface area contributed by atoms with Crippen LogP contribution in [0.3, 0.4) is 0 Å². The lowest BCUT2D eigenvalue weighted by Crippen LogP contribution is -2.20. The van der Waals surface area contributed by atoms with Gasteiger partial charge in [-0.2, -0.15) is 0 Å². The third kappa shape index (κ3) is 4.29. The van der Waals surface area contributed by atoms with Gasteiger partial charge in [-0.15, -0.1) is 0 Å². The molecule has 0 bridgehead atoms. The molecular formula is C17H18N2O4. The van der Waals surface area contributed by atoms with Crippen molar-refractivity contribution in [1.82, 2.24) is 0 Å². The van der Waals surface area contributed by atoms with Crippen LogP contribution in [0.1, 0.15) is 16.7 Å². The molecule has 0 fully saturated rings. The first-order valence-corrected chi connectivity index (χ1v) is 7.12. The largest absolute Gasteiger partial charge is 0.483 e. The first kappa shape index (κ1) is 16.5. The molecule has 0 atom stereocenters. The number of hydrogen-bond acceptors (Lipinski definition) is 4. The van der Waals surface area contributed by atoms with Crippen molar-refractivity contribution in [3.63, 3.8) is 0 Å². The van der Waals surface area contributed by atoms with Crippen LogP contribution >= 0.6 is 0 Å². The number of hydrogen-bond donors (Lipinski definition) is 1. The quantitative estimate of drug-likeness (QED) is 0.676. The molecule has 0 heterocycles. The summed E-state index contributed by atoms with van der Waals surface area (Å²) in [6, 6.07) is 9.75. The second-order valence-corrected chi connectivity index (χ2v) is 5.37. The van der Waals surface area contributed by atoms with Gasteiger partial charge in [0.25, 0.3) is 11.6 Å². The maximum Gasteiger partial charge on any atom is 0.271 e. The van der Waals surface area contributed by atoms with E-state index in [1.807, 2.05) is 32.9 Å². The molecule has 1 amide bonds. The fourth-order valence-electron chi connectivity index (χ4n) is 2.43. The highest BCUT2D eigenvalue weighted by atomic mass is 16.6. The van der Waals surface area contributed by atoms with Gasteiger partial charge in [-0.1, -0.05) is 23.8 Å². The van der Waals surface area contributed by atoms with Gasteiger partial charge in [-0.05, 0) is 38.0 Å². The lowest BCUT2D eigenvalue weighted by atomic mass is 10.1. The third-order valence-corrected chi connectivity index (χ3v) is 3.29. The Morgan fingerprint density at radius 2 is 1.83 bits per heavy atom. The Morgan fingerprint density at radius 1 is 1.17 bits per heavy atom. The van der Waals surface area contributed by atoms with Crippen molar-refractivity contribution in [3.05, 3.63) is 63.2 Å². The van der Waals surface area contributed by atoms with E-state index >= 15 is 0 Å². The molecule has 2 rings (SSSR count). The maximum atomic E-state index is 12.0. The highest BCUT2D eigenvalue weighted by Crippen LogP contribution is 2.24. The number of nitro groups is 1. The van der Waals surface area contributed by atoms with Gasteiger partial charge in [0.15, 0.2) is 6.61 Å². The molecule has 0 radical (unpaired) electrons. The maximum absolute atomic E-state index is 12.0. The van der Waals surface area contributed by atoms with Gasteiger partial charge in [0, 0.05) is 17.8 Å². The van der Waals surface area contributed by atoms with Crippen molar-refractivity contribution in [1.29, 1.82) is 0 Å². The van der Waals surface area contributed by atoms with Crippen LogP contribution in [0.5, 0.6) is 5.75 Å². The van der Waals surface area contributed by atoms with E-state index in [0.717, 1.165) is 16.7 Å². The smallest absolute Gasteiger partial charge is 0.271 e. The van der Waals surface area contributed by atoms with Crippen molar-refractivity contribution in [3.8, 4) is 5.75 Å². The summed E-state index contributed by atoms with van der Waals surface area (Å²) in [5.41, 5.74) is 3.35. The molecule has 1 N–H and O–H groups in total. The minimum atomic E-state index is -0.509. The second kappa shape index (κ2) is 6.91. The van der Waals surface area contributed by atoms with Crippen LogP contribution in [0.15, 0.2) is 36.4 Å². The van der Waals surface area contributed by atoms with Gasteiger partial charge in [0.05, 0.1) is 4.92 Å². The van der Waals surface area contributed by atoms with E-state index in [9.17, 15) is 14.9 Å². The van der Waals surface area contributed by atoms with E-state index in [2.05, 4.69) is 5.32 Å². The predicted molar refractivity (Wildman–Crippen MR) is 87.9 cm³/mol. The monoisotopic (exact) mass is 314 g/mol. The summed E-state index contributed by atoms with van der Waals surface area (Å²) in [6.07, 6.45) is 0. The standard InChI is InChI=1S/C17H18N2O4/c1-11-7-12(2)17(13(3)8-11)23-10-16(20)18-14-5-4-6-15(9-14)19(21)22/h4-9H,10H2,1-3H3,(H,18,20). The molecule has 0 spiro atoms. The lowest BCUT2D eigenvalue weighted by Gasteiger charge is -2.13. The van der Waals surface area contributed by atoms with E-state index in [1.165, 1.54) is 18.2 Å². The molecular weight excluding hydrogens is 296 g/mol. The number of nitrogens with zero attached hydrogens (tertiary/aromatic N) is 1. The minimum absolute atomic E-state index is 0.0751. The number of nitro benzene ring substituents is 1. The molecule has 2 aromatic carbocycles. The van der Waals surface area contributed by atoms with Crippen LogP contribution in [0.4, 0.5) is 11.4 Å². The molecule has 23 heavy (non-hydrogen) atoms. The molecule has 0 unspecified atom stereocenters. The summed E-state index contributed by atoms with van der Waals surface area (Å²) in [6.45, 7) is 5.69. The number of amides is 1. The van der Waals surface area contributed by atoms with Crippen molar-refractivity contribution in [2.24, 2.45) is 0 Å². The van der Waals surface area contributed by atoms with Crippen molar-refractivity contribution in [2.75, 3.05) is 11.9 Å². The van der Waals surface area contributed by atoms with Crippen LogP contribution in [-0.4, -0.2) is 17.4 Å². The van der Waals surface area contributed by atoms with Crippen LogP contribution in [0, 0.1) is 30.9 Å². The van der Waals surface area contributed by atoms with Crippen LogP contribution in [0.2, 0.25) is 0 Å². The topological polar surface area (TPSA) is 81.5 Å². The Labute approximate surface area is 134 Å². The van der Waals surface area contributed by atoms with Gasteiger partial charge < -0.3 is 10.1 Å². The van der Waals surface area contributed by atoms with Crippen LogP contribution in [-0.2, 0) is 4.79 Å². The summed E-state index contributed by atoms with van der Waals surface area (Å²) in [4.78, 5) is 22.2. The first-order chi connectivity index (χ1) is 10.9. The van der Waals surface area contributed by atoms with Crippen LogP contribution < -0.4 is 10.1 Å². The number of aryl methyl sites for hydroxylation is 3. The molecule has 0 saturated carbocycles. The van der Waals surface area contributed by atoms with E-state index in [-0.39, 0.29) is 18.2 Å². The Morgan fingerprint density at radius 3 is 2.43 bits per heavy atom. The molecule has 120 valence electrons. The second-order valence-electron chi connectivity index (χ2n) is 5.37. The Hall–Kier alpha value is -2.89. The average molecular weight is 314 g/mol.